The molecule has 1 N–H and O–H groups in total. The molecule has 0 aliphatic carbocycles. The molecule has 16 heavy (non-hydrogen) atoms. The van der Waals surface area contributed by atoms with Crippen LogP contribution in [-0.4, -0.2) is 15.0 Å². The first-order chi connectivity index (χ1) is 7.63. The molecule has 7 heteroatoms. The third-order valence-electron chi connectivity index (χ3n) is 1.66. The lowest BCUT2D eigenvalue weighted by Gasteiger charge is -2.04. The van der Waals surface area contributed by atoms with Gasteiger partial charge in [0.1, 0.15) is 0 Å². The van der Waals surface area contributed by atoms with Crippen molar-refractivity contribution in [1.29, 1.82) is 0 Å². The molecule has 82 valence electrons. The highest BCUT2D eigenvalue weighted by Gasteiger charge is 2.03. The van der Waals surface area contributed by atoms with Crippen molar-refractivity contribution in [3.8, 4) is 0 Å². The molecule has 0 aliphatic rings. The molecular formula is C9H5Cl2IN4. The van der Waals surface area contributed by atoms with Crippen molar-refractivity contribution in [3.05, 3.63) is 38.4 Å². The largest absolute Gasteiger partial charge is 0.324 e. The molecule has 2 aromatic rings. The molecule has 0 amide bonds. The molecule has 0 saturated carbocycles. The first-order valence-electron chi connectivity index (χ1n) is 4.23. The van der Waals surface area contributed by atoms with E-state index in [1.54, 1.807) is 0 Å². The molecule has 0 radical (unpaired) electrons. The van der Waals surface area contributed by atoms with Crippen molar-refractivity contribution in [3.63, 3.8) is 0 Å². The fourth-order valence-electron chi connectivity index (χ4n) is 1.08. The Balaban J connectivity index is 2.27. The summed E-state index contributed by atoms with van der Waals surface area (Å²) < 4.78 is 1.11. The Morgan fingerprint density at radius 3 is 2.38 bits per heavy atom. The number of hydrogen-bond acceptors (Lipinski definition) is 4. The molecule has 0 saturated heterocycles. The highest BCUT2D eigenvalue weighted by Crippen LogP contribution is 2.17. The van der Waals surface area contributed by atoms with Crippen molar-refractivity contribution in [2.45, 2.75) is 0 Å². The maximum atomic E-state index is 5.66. The van der Waals surface area contributed by atoms with E-state index in [2.05, 4.69) is 42.9 Å². The molecule has 0 spiro atoms. The van der Waals surface area contributed by atoms with Gasteiger partial charge >= 0.3 is 0 Å². The lowest BCUT2D eigenvalue weighted by molar-refractivity contribution is 1.05. The van der Waals surface area contributed by atoms with E-state index in [9.17, 15) is 0 Å². The van der Waals surface area contributed by atoms with Gasteiger partial charge in [0.2, 0.25) is 16.5 Å². The van der Waals surface area contributed by atoms with Crippen molar-refractivity contribution < 1.29 is 0 Å². The zero-order valence-electron chi connectivity index (χ0n) is 7.78. The molecule has 0 bridgehead atoms. The molecule has 4 nitrogen and oxygen atoms in total. The van der Waals surface area contributed by atoms with Crippen LogP contribution in [0.15, 0.2) is 24.3 Å². The van der Waals surface area contributed by atoms with Gasteiger partial charge in [0.25, 0.3) is 0 Å². The highest BCUT2D eigenvalue weighted by molar-refractivity contribution is 14.1. The zero-order chi connectivity index (χ0) is 11.5. The average molecular weight is 367 g/mol. The summed E-state index contributed by atoms with van der Waals surface area (Å²) in [5, 5.41) is 3.12. The van der Waals surface area contributed by atoms with Crippen LogP contribution in [0.5, 0.6) is 0 Å². The molecule has 0 aliphatic heterocycles. The summed E-state index contributed by atoms with van der Waals surface area (Å²) in [6, 6.07) is 7.76. The molecule has 0 unspecified atom stereocenters. The van der Waals surface area contributed by atoms with Crippen LogP contribution in [0.2, 0.25) is 10.6 Å². The van der Waals surface area contributed by atoms with Crippen LogP contribution in [0.25, 0.3) is 0 Å². The standard InChI is InChI=1S/C9H5Cl2IN4/c10-7-14-8(11)16-9(15-7)13-6-3-1-2-5(12)4-6/h1-4H,(H,13,14,15,16). The lowest BCUT2D eigenvalue weighted by Crippen LogP contribution is -1.99. The van der Waals surface area contributed by atoms with Crippen LogP contribution in [0.1, 0.15) is 0 Å². The fraction of sp³-hybridized carbons (Fsp3) is 0. The molecule has 1 heterocycles. The maximum absolute atomic E-state index is 5.66. The minimum atomic E-state index is 0.0631. The summed E-state index contributed by atoms with van der Waals surface area (Å²) in [5.41, 5.74) is 0.866. The van der Waals surface area contributed by atoms with E-state index >= 15 is 0 Å². The van der Waals surface area contributed by atoms with E-state index in [-0.39, 0.29) is 10.6 Å². The van der Waals surface area contributed by atoms with E-state index in [1.807, 2.05) is 24.3 Å². The summed E-state index contributed by atoms with van der Waals surface area (Å²) in [7, 11) is 0. The van der Waals surface area contributed by atoms with Crippen LogP contribution in [0.4, 0.5) is 11.6 Å². The van der Waals surface area contributed by atoms with Gasteiger partial charge in [-0.1, -0.05) is 6.07 Å². The van der Waals surface area contributed by atoms with Crippen molar-refractivity contribution in [2.24, 2.45) is 0 Å². The number of halogens is 3. The summed E-state index contributed by atoms with van der Waals surface area (Å²) in [5.74, 6) is 0.326. The van der Waals surface area contributed by atoms with Crippen LogP contribution in [-0.2, 0) is 0 Å². The Labute approximate surface area is 116 Å². The zero-order valence-corrected chi connectivity index (χ0v) is 11.5. The molecule has 1 aromatic carbocycles. The Morgan fingerprint density at radius 2 is 1.75 bits per heavy atom. The average Bonchev–Trinajstić information content (AvgIpc) is 2.15. The van der Waals surface area contributed by atoms with E-state index in [0.29, 0.717) is 5.95 Å². The summed E-state index contributed by atoms with van der Waals surface area (Å²) >= 11 is 13.5. The fourth-order valence-corrected chi connectivity index (χ4v) is 1.98. The lowest BCUT2D eigenvalue weighted by atomic mass is 10.3. The highest BCUT2D eigenvalue weighted by atomic mass is 127. The number of rotatable bonds is 2. The first kappa shape index (κ1) is 11.8. The number of nitrogens with one attached hydrogen (secondary N) is 1. The normalized spacial score (nSPS) is 10.2. The number of benzene rings is 1. The molecular weight excluding hydrogens is 362 g/mol. The molecule has 1 aromatic heterocycles. The Kier molecular flexibility index (Phi) is 3.78. The van der Waals surface area contributed by atoms with Crippen molar-refractivity contribution in [1.82, 2.24) is 15.0 Å². The third-order valence-corrected chi connectivity index (χ3v) is 2.67. The quantitative estimate of drug-likeness (QED) is 0.826. The van der Waals surface area contributed by atoms with Gasteiger partial charge in [-0.2, -0.15) is 15.0 Å². The molecule has 0 fully saturated rings. The number of aromatic nitrogens is 3. The Bertz CT molecular complexity index is 500. The third kappa shape index (κ3) is 3.16. The molecule has 0 atom stereocenters. The summed E-state index contributed by atoms with van der Waals surface area (Å²) in [6.45, 7) is 0. The van der Waals surface area contributed by atoms with Crippen LogP contribution in [0.3, 0.4) is 0 Å². The minimum absolute atomic E-state index is 0.0631. The van der Waals surface area contributed by atoms with E-state index in [4.69, 9.17) is 23.2 Å². The van der Waals surface area contributed by atoms with Crippen molar-refractivity contribution in [2.75, 3.05) is 5.32 Å². The minimum Gasteiger partial charge on any atom is -0.324 e. The van der Waals surface area contributed by atoms with E-state index in [1.165, 1.54) is 0 Å². The first-order valence-corrected chi connectivity index (χ1v) is 6.06. The van der Waals surface area contributed by atoms with Gasteiger partial charge < -0.3 is 5.32 Å². The Morgan fingerprint density at radius 1 is 1.06 bits per heavy atom. The summed E-state index contributed by atoms with van der Waals surface area (Å²) in [6.07, 6.45) is 0. The summed E-state index contributed by atoms with van der Waals surface area (Å²) in [4.78, 5) is 11.5. The van der Waals surface area contributed by atoms with E-state index < -0.39 is 0 Å². The van der Waals surface area contributed by atoms with Crippen molar-refractivity contribution >= 4 is 57.4 Å². The smallest absolute Gasteiger partial charge is 0.232 e. The topological polar surface area (TPSA) is 50.7 Å². The monoisotopic (exact) mass is 366 g/mol. The van der Waals surface area contributed by atoms with Gasteiger partial charge in [-0.3, -0.25) is 0 Å². The van der Waals surface area contributed by atoms with Gasteiger partial charge in [0.15, 0.2) is 0 Å². The van der Waals surface area contributed by atoms with Gasteiger partial charge in [-0.25, -0.2) is 0 Å². The second-order valence-electron chi connectivity index (χ2n) is 2.83. The number of nitrogens with zero attached hydrogens (tertiary/aromatic N) is 3. The Hall–Kier alpha value is -0.660. The predicted octanol–water partition coefficient (Wildman–Crippen LogP) is 3.53. The van der Waals surface area contributed by atoms with Crippen LogP contribution >= 0.6 is 45.8 Å². The van der Waals surface area contributed by atoms with Crippen LogP contribution < -0.4 is 5.32 Å². The predicted molar refractivity (Wildman–Crippen MR) is 72.3 cm³/mol. The second kappa shape index (κ2) is 5.11. The number of hydrogen-bond donors (Lipinski definition) is 1. The van der Waals surface area contributed by atoms with Crippen LogP contribution in [0, 0.1) is 3.57 Å². The molecule has 2 rings (SSSR count). The van der Waals surface area contributed by atoms with Gasteiger partial charge in [-0.05, 0) is 64.0 Å². The van der Waals surface area contributed by atoms with E-state index in [0.717, 1.165) is 9.26 Å². The second-order valence-corrected chi connectivity index (χ2v) is 4.75. The maximum Gasteiger partial charge on any atom is 0.232 e. The van der Waals surface area contributed by atoms with Gasteiger partial charge in [0.05, 0.1) is 0 Å². The van der Waals surface area contributed by atoms with Gasteiger partial charge in [-0.15, -0.1) is 0 Å². The SMILES string of the molecule is Clc1nc(Cl)nc(Nc2cccc(I)c2)n1. The number of anilines is 2. The van der Waals surface area contributed by atoms with Gasteiger partial charge in [0, 0.05) is 9.26 Å².